The van der Waals surface area contributed by atoms with Crippen molar-refractivity contribution in [2.45, 2.75) is 44.4 Å². The van der Waals surface area contributed by atoms with Crippen molar-refractivity contribution in [1.29, 1.82) is 0 Å². The molecule has 0 saturated carbocycles. The SMILES string of the molecule is Cc1ccc2c(c1)OCCC2CC(O)(CNc1cccc2nc(C)ncc12)C(F)(F)F. The smallest absolute Gasteiger partial charge is 0.418 e. The maximum absolute atomic E-state index is 14.0. The molecule has 0 amide bonds. The van der Waals surface area contributed by atoms with E-state index >= 15 is 0 Å². The minimum atomic E-state index is -4.80. The number of hydrogen-bond donors (Lipinski definition) is 2. The van der Waals surface area contributed by atoms with Gasteiger partial charge in [0.05, 0.1) is 18.7 Å². The second-order valence-electron chi connectivity index (χ2n) is 8.12. The van der Waals surface area contributed by atoms with E-state index in [4.69, 9.17) is 4.74 Å². The van der Waals surface area contributed by atoms with Crippen molar-refractivity contribution in [2.24, 2.45) is 0 Å². The molecular weight excluding hydrogens is 407 g/mol. The van der Waals surface area contributed by atoms with Crippen LogP contribution in [0.25, 0.3) is 10.9 Å². The van der Waals surface area contributed by atoms with Crippen LogP contribution in [0.15, 0.2) is 42.6 Å². The van der Waals surface area contributed by atoms with E-state index in [1.807, 2.05) is 19.1 Å². The summed E-state index contributed by atoms with van der Waals surface area (Å²) in [6.45, 7) is 3.29. The third kappa shape index (κ3) is 4.30. The van der Waals surface area contributed by atoms with Gasteiger partial charge in [0.2, 0.25) is 0 Å². The number of benzene rings is 2. The summed E-state index contributed by atoms with van der Waals surface area (Å²) in [6.07, 6.45) is -3.27. The van der Waals surface area contributed by atoms with Gasteiger partial charge in [0.15, 0.2) is 5.60 Å². The number of fused-ring (bicyclic) bond motifs is 2. The summed E-state index contributed by atoms with van der Waals surface area (Å²) in [7, 11) is 0. The minimum absolute atomic E-state index is 0.322. The molecule has 2 N–H and O–H groups in total. The van der Waals surface area contributed by atoms with Crippen LogP contribution in [0.4, 0.5) is 18.9 Å². The van der Waals surface area contributed by atoms with Crippen LogP contribution in [-0.2, 0) is 0 Å². The van der Waals surface area contributed by atoms with Crippen molar-refractivity contribution >= 4 is 16.6 Å². The number of alkyl halides is 3. The van der Waals surface area contributed by atoms with E-state index in [1.54, 1.807) is 37.4 Å². The molecule has 0 saturated heterocycles. The van der Waals surface area contributed by atoms with Crippen LogP contribution < -0.4 is 10.1 Å². The number of rotatable bonds is 5. The Hall–Kier alpha value is -2.87. The fourth-order valence-corrected chi connectivity index (χ4v) is 4.02. The van der Waals surface area contributed by atoms with Crippen LogP contribution in [0, 0.1) is 13.8 Å². The van der Waals surface area contributed by atoms with E-state index in [0.29, 0.717) is 46.8 Å². The van der Waals surface area contributed by atoms with Crippen molar-refractivity contribution in [2.75, 3.05) is 18.5 Å². The molecule has 8 heteroatoms. The van der Waals surface area contributed by atoms with E-state index < -0.39 is 30.7 Å². The first kappa shape index (κ1) is 21.4. The topological polar surface area (TPSA) is 67.3 Å². The maximum Gasteiger partial charge on any atom is 0.418 e. The molecule has 2 heterocycles. The number of ether oxygens (including phenoxy) is 1. The molecule has 2 unspecified atom stereocenters. The lowest BCUT2D eigenvalue weighted by Crippen LogP contribution is -2.51. The largest absolute Gasteiger partial charge is 0.493 e. The summed E-state index contributed by atoms with van der Waals surface area (Å²) in [4.78, 5) is 8.44. The summed E-state index contributed by atoms with van der Waals surface area (Å²) in [5, 5.41) is 14.2. The van der Waals surface area contributed by atoms with Crippen LogP contribution in [0.1, 0.15) is 35.7 Å². The van der Waals surface area contributed by atoms with Gasteiger partial charge in [-0.25, -0.2) is 9.97 Å². The van der Waals surface area contributed by atoms with Crippen LogP contribution in [0.5, 0.6) is 5.75 Å². The Bertz CT molecular complexity index is 1100. The van der Waals surface area contributed by atoms with Gasteiger partial charge in [0.25, 0.3) is 0 Å². The summed E-state index contributed by atoms with van der Waals surface area (Å²) < 4.78 is 47.7. The van der Waals surface area contributed by atoms with Gasteiger partial charge in [0, 0.05) is 17.3 Å². The third-order valence-corrected chi connectivity index (χ3v) is 5.76. The van der Waals surface area contributed by atoms with Crippen molar-refractivity contribution in [3.8, 4) is 5.75 Å². The summed E-state index contributed by atoms with van der Waals surface area (Å²) in [6, 6.07) is 10.6. The van der Waals surface area contributed by atoms with E-state index in [-0.39, 0.29) is 0 Å². The fraction of sp³-hybridized carbons (Fsp3) is 0.391. The van der Waals surface area contributed by atoms with Crippen LogP contribution in [-0.4, -0.2) is 40.0 Å². The monoisotopic (exact) mass is 431 g/mol. The number of nitrogens with one attached hydrogen (secondary N) is 1. The molecule has 31 heavy (non-hydrogen) atoms. The highest BCUT2D eigenvalue weighted by Gasteiger charge is 2.54. The number of aromatic nitrogens is 2. The zero-order valence-electron chi connectivity index (χ0n) is 17.3. The molecule has 2 aromatic carbocycles. The molecule has 0 spiro atoms. The predicted molar refractivity (Wildman–Crippen MR) is 112 cm³/mol. The van der Waals surface area contributed by atoms with Crippen molar-refractivity contribution < 1.29 is 23.0 Å². The third-order valence-electron chi connectivity index (χ3n) is 5.76. The fourth-order valence-electron chi connectivity index (χ4n) is 4.02. The van der Waals surface area contributed by atoms with E-state index in [9.17, 15) is 18.3 Å². The Morgan fingerprint density at radius 1 is 1.19 bits per heavy atom. The number of anilines is 1. The lowest BCUT2D eigenvalue weighted by Gasteiger charge is -2.36. The Balaban J connectivity index is 1.60. The zero-order valence-corrected chi connectivity index (χ0v) is 17.3. The molecular formula is C23H24F3N3O2. The molecule has 0 aliphatic carbocycles. The molecule has 3 aromatic rings. The van der Waals surface area contributed by atoms with Gasteiger partial charge in [-0.2, -0.15) is 13.2 Å². The molecule has 2 atom stereocenters. The zero-order chi connectivity index (χ0) is 22.2. The first-order valence-electron chi connectivity index (χ1n) is 10.1. The molecule has 1 aliphatic heterocycles. The van der Waals surface area contributed by atoms with Gasteiger partial charge in [-0.1, -0.05) is 18.2 Å². The van der Waals surface area contributed by atoms with Crippen molar-refractivity contribution in [1.82, 2.24) is 9.97 Å². The normalized spacial score (nSPS) is 18.2. The van der Waals surface area contributed by atoms with E-state index in [2.05, 4.69) is 15.3 Å². The van der Waals surface area contributed by atoms with Gasteiger partial charge in [-0.15, -0.1) is 0 Å². The standard InChI is InChI=1S/C23H24F3N3O2/c1-14-6-7-17-16(8-9-31-21(17)10-14)11-22(30,23(24,25)26)13-28-19-4-3-5-20-18(19)12-27-15(2)29-20/h3-7,10,12,16,28,30H,8-9,11,13H2,1-2H3. The number of halogens is 3. The Labute approximate surface area is 178 Å². The maximum atomic E-state index is 14.0. The molecule has 0 radical (unpaired) electrons. The lowest BCUT2D eigenvalue weighted by atomic mass is 9.81. The first-order chi connectivity index (χ1) is 14.7. The molecule has 1 aromatic heterocycles. The molecule has 1 aliphatic rings. The van der Waals surface area contributed by atoms with E-state index in [0.717, 1.165) is 5.56 Å². The Kier molecular flexibility index (Phi) is 5.51. The highest BCUT2D eigenvalue weighted by molar-refractivity contribution is 5.90. The predicted octanol–water partition coefficient (Wildman–Crippen LogP) is 4.91. The summed E-state index contributed by atoms with van der Waals surface area (Å²) in [5.41, 5.74) is -0.163. The number of nitrogens with zero attached hydrogens (tertiary/aromatic N) is 2. The van der Waals surface area contributed by atoms with E-state index in [1.165, 1.54) is 0 Å². The highest BCUT2D eigenvalue weighted by atomic mass is 19.4. The van der Waals surface area contributed by atoms with Gasteiger partial charge < -0.3 is 15.2 Å². The minimum Gasteiger partial charge on any atom is -0.493 e. The first-order valence-corrected chi connectivity index (χ1v) is 10.1. The van der Waals surface area contributed by atoms with Crippen molar-refractivity contribution in [3.63, 3.8) is 0 Å². The van der Waals surface area contributed by atoms with Crippen LogP contribution in [0.2, 0.25) is 0 Å². The molecule has 164 valence electrons. The lowest BCUT2D eigenvalue weighted by molar-refractivity contribution is -0.258. The number of aliphatic hydroxyl groups is 1. The van der Waals surface area contributed by atoms with Gasteiger partial charge in [-0.05, 0) is 61.9 Å². The second-order valence-corrected chi connectivity index (χ2v) is 8.12. The number of hydrogen-bond acceptors (Lipinski definition) is 5. The molecule has 0 fully saturated rings. The Morgan fingerprint density at radius 3 is 2.77 bits per heavy atom. The average Bonchev–Trinajstić information content (AvgIpc) is 2.71. The molecule has 4 rings (SSSR count). The van der Waals surface area contributed by atoms with Gasteiger partial charge in [0.1, 0.15) is 11.6 Å². The Morgan fingerprint density at radius 2 is 2.00 bits per heavy atom. The van der Waals surface area contributed by atoms with Crippen molar-refractivity contribution in [3.05, 3.63) is 59.5 Å². The van der Waals surface area contributed by atoms with Crippen LogP contribution in [0.3, 0.4) is 0 Å². The van der Waals surface area contributed by atoms with Crippen LogP contribution >= 0.6 is 0 Å². The molecule has 5 nitrogen and oxygen atoms in total. The second kappa shape index (κ2) is 8.00. The quantitative estimate of drug-likeness (QED) is 0.601. The average molecular weight is 431 g/mol. The number of aryl methyl sites for hydroxylation is 2. The highest BCUT2D eigenvalue weighted by Crippen LogP contribution is 2.44. The summed E-state index contributed by atoms with van der Waals surface area (Å²) >= 11 is 0. The molecule has 0 bridgehead atoms. The summed E-state index contributed by atoms with van der Waals surface area (Å²) in [5.74, 6) is 0.705. The van der Waals surface area contributed by atoms with Gasteiger partial charge in [-0.3, -0.25) is 0 Å². The van der Waals surface area contributed by atoms with Gasteiger partial charge >= 0.3 is 6.18 Å².